The molecule has 0 saturated heterocycles. The largest absolute Gasteiger partial charge is 1.00 e. The van der Waals surface area contributed by atoms with E-state index in [-0.39, 0.29) is 46.2 Å². The van der Waals surface area contributed by atoms with Crippen molar-refractivity contribution in [2.45, 2.75) is 12.7 Å². The maximum Gasteiger partial charge on any atom is 0.416 e. The molecule has 148 valence electrons. The van der Waals surface area contributed by atoms with Gasteiger partial charge in [0.1, 0.15) is 18.0 Å². The molecule has 10 heteroatoms. The lowest BCUT2D eigenvalue weighted by Crippen LogP contribution is -3.00. The molecule has 0 aliphatic rings. The molecule has 0 aliphatic carbocycles. The number of hydrogen-bond acceptors (Lipinski definition) is 3. The highest BCUT2D eigenvalue weighted by Crippen LogP contribution is 2.37. The van der Waals surface area contributed by atoms with Crippen LogP contribution >= 0.6 is 11.6 Å². The van der Waals surface area contributed by atoms with Gasteiger partial charge < -0.3 is 33.2 Å². The molecule has 0 aromatic heterocycles. The van der Waals surface area contributed by atoms with Gasteiger partial charge in [-0.15, -0.1) is 0 Å². The third-order valence-corrected chi connectivity index (χ3v) is 3.67. The number of hydrogen-bond donors (Lipinski definition) is 0. The fourth-order valence-corrected chi connectivity index (χ4v) is 2.55. The molecule has 5 nitrogen and oxygen atoms in total. The van der Waals surface area contributed by atoms with Crippen molar-refractivity contribution in [2.24, 2.45) is 0 Å². The van der Waals surface area contributed by atoms with Crippen LogP contribution in [0, 0.1) is 10.1 Å². The van der Waals surface area contributed by atoms with Crippen LogP contribution in [0.4, 0.5) is 18.9 Å². The van der Waals surface area contributed by atoms with E-state index in [4.69, 9.17) is 16.3 Å². The smallest absolute Gasteiger partial charge is 0.416 e. The second kappa shape index (κ2) is 8.61. The van der Waals surface area contributed by atoms with Crippen LogP contribution in [0.5, 0.6) is 11.5 Å². The standard InChI is InChI=1S/C17H17ClF3N2O3.HI/c1-23(2,3)10-11-8-13(5-6-15(11)22(24)25)26-16-7-4-12(9-14(16)18)17(19,20)21;/h4-9H,10H2,1-3H3;1H/q+1;/p-1. The van der Waals surface area contributed by atoms with Crippen molar-refractivity contribution in [3.8, 4) is 11.5 Å². The van der Waals surface area contributed by atoms with Crippen molar-refractivity contribution in [2.75, 3.05) is 21.1 Å². The molecule has 2 aromatic rings. The van der Waals surface area contributed by atoms with E-state index >= 15 is 0 Å². The van der Waals surface area contributed by atoms with Crippen molar-refractivity contribution < 1.29 is 51.3 Å². The van der Waals surface area contributed by atoms with E-state index in [2.05, 4.69) is 0 Å². The Morgan fingerprint density at radius 2 is 1.78 bits per heavy atom. The summed E-state index contributed by atoms with van der Waals surface area (Å²) in [5.41, 5.74) is -0.490. The minimum absolute atomic E-state index is 0. The Labute approximate surface area is 176 Å². The molecule has 0 N–H and O–H groups in total. The van der Waals surface area contributed by atoms with E-state index in [1.165, 1.54) is 18.2 Å². The summed E-state index contributed by atoms with van der Waals surface area (Å²) in [4.78, 5) is 10.7. The van der Waals surface area contributed by atoms with Crippen LogP contribution in [-0.4, -0.2) is 30.5 Å². The Balaban J connectivity index is 0.00000364. The van der Waals surface area contributed by atoms with Crippen LogP contribution in [0.1, 0.15) is 11.1 Å². The topological polar surface area (TPSA) is 52.4 Å². The zero-order valence-electron chi connectivity index (χ0n) is 14.7. The van der Waals surface area contributed by atoms with Crippen molar-refractivity contribution in [3.05, 3.63) is 62.7 Å². The van der Waals surface area contributed by atoms with Crippen molar-refractivity contribution >= 4 is 17.3 Å². The molecule has 0 amide bonds. The summed E-state index contributed by atoms with van der Waals surface area (Å²) in [6, 6.07) is 6.93. The fraction of sp³-hybridized carbons (Fsp3) is 0.294. The van der Waals surface area contributed by atoms with Crippen molar-refractivity contribution in [3.63, 3.8) is 0 Å². The van der Waals surface area contributed by atoms with E-state index in [1.54, 1.807) is 0 Å². The van der Waals surface area contributed by atoms with Gasteiger partial charge in [0.15, 0.2) is 0 Å². The van der Waals surface area contributed by atoms with Crippen LogP contribution in [0.15, 0.2) is 36.4 Å². The van der Waals surface area contributed by atoms with Gasteiger partial charge in [-0.2, -0.15) is 13.2 Å². The zero-order chi connectivity index (χ0) is 19.7. The van der Waals surface area contributed by atoms with Crippen molar-refractivity contribution in [1.82, 2.24) is 0 Å². The summed E-state index contributed by atoms with van der Waals surface area (Å²) in [6.07, 6.45) is -4.51. The number of nitrogens with zero attached hydrogens (tertiary/aromatic N) is 2. The normalized spacial score (nSPS) is 11.7. The van der Waals surface area contributed by atoms with Crippen LogP contribution in [0.25, 0.3) is 0 Å². The van der Waals surface area contributed by atoms with E-state index < -0.39 is 16.7 Å². The molecule has 2 aromatic carbocycles. The van der Waals surface area contributed by atoms with E-state index in [0.717, 1.165) is 18.2 Å². The first-order valence-electron chi connectivity index (χ1n) is 7.49. The highest BCUT2D eigenvalue weighted by Gasteiger charge is 2.31. The number of nitro benzene ring substituents is 1. The quantitative estimate of drug-likeness (QED) is 0.265. The van der Waals surface area contributed by atoms with Crippen LogP contribution < -0.4 is 28.7 Å². The minimum atomic E-state index is -4.51. The summed E-state index contributed by atoms with van der Waals surface area (Å²) in [7, 11) is 5.64. The monoisotopic (exact) mass is 516 g/mol. The third-order valence-electron chi connectivity index (χ3n) is 3.38. The first-order valence-corrected chi connectivity index (χ1v) is 7.87. The number of ether oxygens (including phenoxy) is 1. The average molecular weight is 517 g/mol. The zero-order valence-corrected chi connectivity index (χ0v) is 17.6. The Kier molecular flexibility index (Phi) is 7.48. The first-order chi connectivity index (χ1) is 11.9. The molecule has 0 bridgehead atoms. The Bertz CT molecular complexity index is 839. The lowest BCUT2D eigenvalue weighted by Gasteiger charge is -2.24. The van der Waals surface area contributed by atoms with E-state index in [9.17, 15) is 23.3 Å². The Morgan fingerprint density at radius 1 is 1.15 bits per heavy atom. The third kappa shape index (κ3) is 6.51. The number of benzene rings is 2. The van der Waals surface area contributed by atoms with Gasteiger partial charge in [-0.3, -0.25) is 10.1 Å². The molecular formula is C17H17ClF3IN2O3. The Morgan fingerprint density at radius 3 is 2.26 bits per heavy atom. The van der Waals surface area contributed by atoms with Crippen LogP contribution in [0.3, 0.4) is 0 Å². The lowest BCUT2D eigenvalue weighted by atomic mass is 10.1. The van der Waals surface area contributed by atoms with Crippen LogP contribution in [0.2, 0.25) is 5.02 Å². The average Bonchev–Trinajstić information content (AvgIpc) is 2.46. The number of alkyl halides is 3. The maximum absolute atomic E-state index is 12.7. The fourth-order valence-electron chi connectivity index (χ4n) is 2.33. The molecule has 0 spiro atoms. The van der Waals surface area contributed by atoms with Gasteiger partial charge in [0.2, 0.25) is 0 Å². The molecule has 27 heavy (non-hydrogen) atoms. The lowest BCUT2D eigenvalue weighted by molar-refractivity contribution is -0.884. The summed E-state index contributed by atoms with van der Waals surface area (Å²) in [6.45, 7) is 0.369. The van der Waals surface area contributed by atoms with Crippen LogP contribution in [-0.2, 0) is 12.7 Å². The van der Waals surface area contributed by atoms with E-state index in [1.807, 2.05) is 21.1 Å². The SMILES string of the molecule is C[N+](C)(C)Cc1cc(Oc2ccc(C(F)(F)F)cc2Cl)ccc1[N+](=O)[O-].[I-]. The predicted octanol–water partition coefficient (Wildman–Crippen LogP) is 2.27. The molecule has 2 rings (SSSR count). The molecule has 0 saturated carbocycles. The molecule has 0 heterocycles. The van der Waals surface area contributed by atoms with Gasteiger partial charge in [0.25, 0.3) is 5.69 Å². The number of rotatable bonds is 5. The number of quaternary nitrogens is 1. The minimum Gasteiger partial charge on any atom is -1.00 e. The van der Waals surface area contributed by atoms with Gasteiger partial charge in [0.05, 0.1) is 42.2 Å². The Hall–Kier alpha value is -1.59. The highest BCUT2D eigenvalue weighted by molar-refractivity contribution is 6.32. The molecule has 0 unspecified atom stereocenters. The summed E-state index contributed by atoms with van der Waals surface area (Å²) in [5.74, 6) is 0.283. The molecule has 0 aliphatic heterocycles. The number of nitro groups is 1. The molecular weight excluding hydrogens is 500 g/mol. The first kappa shape index (κ1) is 23.4. The van der Waals surface area contributed by atoms with Crippen molar-refractivity contribution in [1.29, 1.82) is 0 Å². The highest BCUT2D eigenvalue weighted by atomic mass is 127. The second-order valence-electron chi connectivity index (χ2n) is 6.74. The van der Waals surface area contributed by atoms with Gasteiger partial charge >= 0.3 is 6.18 Å². The summed E-state index contributed by atoms with van der Waals surface area (Å²) >= 11 is 5.88. The van der Waals surface area contributed by atoms with Gasteiger partial charge in [-0.05, 0) is 30.3 Å². The maximum atomic E-state index is 12.7. The van der Waals surface area contributed by atoms with E-state index in [0.29, 0.717) is 16.6 Å². The van der Waals surface area contributed by atoms with Gasteiger partial charge in [0, 0.05) is 6.07 Å². The second-order valence-corrected chi connectivity index (χ2v) is 7.15. The van der Waals surface area contributed by atoms with Gasteiger partial charge in [-0.1, -0.05) is 11.6 Å². The summed E-state index contributed by atoms with van der Waals surface area (Å²) in [5, 5.41) is 11.0. The molecule has 0 atom stereocenters. The van der Waals surface area contributed by atoms with Gasteiger partial charge in [-0.25, -0.2) is 0 Å². The number of halogens is 5. The predicted molar refractivity (Wildman–Crippen MR) is 91.4 cm³/mol. The summed E-state index contributed by atoms with van der Waals surface area (Å²) < 4.78 is 44.1. The molecule has 0 radical (unpaired) electrons. The molecule has 0 fully saturated rings.